The average Bonchev–Trinajstić information content (AvgIpc) is 3.07. The first-order valence-electron chi connectivity index (χ1n) is 6.94. The number of ether oxygens (including phenoxy) is 1. The van der Waals surface area contributed by atoms with Crippen molar-refractivity contribution in [2.75, 3.05) is 5.32 Å². The zero-order valence-corrected chi connectivity index (χ0v) is 11.8. The Morgan fingerprint density at radius 3 is 2.45 bits per heavy atom. The molecule has 6 heteroatoms. The van der Waals surface area contributed by atoms with E-state index in [1.807, 2.05) is 0 Å². The van der Waals surface area contributed by atoms with Crippen molar-refractivity contribution in [3.8, 4) is 0 Å². The van der Waals surface area contributed by atoms with Crippen LogP contribution < -0.4 is 10.4 Å². The summed E-state index contributed by atoms with van der Waals surface area (Å²) in [5.74, 6) is -3.69. The first-order valence-corrected chi connectivity index (χ1v) is 6.94. The van der Waals surface area contributed by atoms with Crippen LogP contribution in [0.3, 0.4) is 0 Å². The van der Waals surface area contributed by atoms with Crippen LogP contribution in [-0.2, 0) is 14.3 Å². The lowest BCUT2D eigenvalue weighted by Gasteiger charge is -2.25. The number of aliphatic carboxylic acids is 1. The molecule has 0 aromatic heterocycles. The van der Waals surface area contributed by atoms with E-state index >= 15 is 0 Å². The third-order valence-electron chi connectivity index (χ3n) is 4.01. The minimum atomic E-state index is -1.30. The first-order chi connectivity index (χ1) is 10.5. The Balaban J connectivity index is 1.80. The minimum absolute atomic E-state index is 0.116. The molecular formula is C16H14NO5-. The Bertz CT molecular complexity index is 681. The van der Waals surface area contributed by atoms with Crippen molar-refractivity contribution in [1.82, 2.24) is 0 Å². The van der Waals surface area contributed by atoms with Crippen LogP contribution in [0.4, 0.5) is 5.69 Å². The molecule has 1 fully saturated rings. The van der Waals surface area contributed by atoms with Crippen LogP contribution in [0.25, 0.3) is 0 Å². The minimum Gasteiger partial charge on any atom is -0.550 e. The molecule has 0 spiro atoms. The Kier molecular flexibility index (Phi) is 3.54. The Hall–Kier alpha value is -2.47. The number of carboxylic acid groups (broad SMARTS) is 1. The molecular weight excluding hydrogens is 286 g/mol. The maximum absolute atomic E-state index is 12.4. The topological polar surface area (TPSA) is 95.5 Å². The molecule has 1 saturated heterocycles. The molecule has 0 saturated carbocycles. The van der Waals surface area contributed by atoms with Crippen molar-refractivity contribution in [3.05, 3.63) is 42.0 Å². The number of anilines is 1. The van der Waals surface area contributed by atoms with E-state index < -0.39 is 35.9 Å². The summed E-state index contributed by atoms with van der Waals surface area (Å²) in [6.07, 6.45) is 2.17. The van der Waals surface area contributed by atoms with Gasteiger partial charge in [0.2, 0.25) is 5.91 Å². The van der Waals surface area contributed by atoms with Crippen molar-refractivity contribution in [1.29, 1.82) is 0 Å². The summed E-state index contributed by atoms with van der Waals surface area (Å²) in [6, 6.07) is 6.49. The molecule has 2 bridgehead atoms. The van der Waals surface area contributed by atoms with Crippen molar-refractivity contribution in [2.45, 2.75) is 19.1 Å². The van der Waals surface area contributed by atoms with E-state index in [1.165, 1.54) is 6.92 Å². The van der Waals surface area contributed by atoms with Gasteiger partial charge in [-0.2, -0.15) is 0 Å². The SMILES string of the molecule is CC(=O)c1cccc(NC(=O)[C@H]2[C@@H](C(=O)[O-])[C@@H]3C=C[C@H]2O3)c1. The highest BCUT2D eigenvalue weighted by Crippen LogP contribution is 2.39. The maximum Gasteiger partial charge on any atom is 0.231 e. The average molecular weight is 300 g/mol. The quantitative estimate of drug-likeness (QED) is 0.630. The van der Waals surface area contributed by atoms with Gasteiger partial charge in [-0.05, 0) is 19.1 Å². The molecule has 2 heterocycles. The van der Waals surface area contributed by atoms with Crippen LogP contribution in [0.15, 0.2) is 36.4 Å². The third-order valence-corrected chi connectivity index (χ3v) is 4.01. The van der Waals surface area contributed by atoms with Gasteiger partial charge in [0.25, 0.3) is 0 Å². The molecule has 0 radical (unpaired) electrons. The molecule has 0 aliphatic carbocycles. The summed E-state index contributed by atoms with van der Waals surface area (Å²) < 4.78 is 5.43. The van der Waals surface area contributed by atoms with Gasteiger partial charge in [-0.15, -0.1) is 0 Å². The fourth-order valence-electron chi connectivity index (χ4n) is 2.94. The molecule has 22 heavy (non-hydrogen) atoms. The second-order valence-electron chi connectivity index (χ2n) is 5.45. The number of ketones is 1. The van der Waals surface area contributed by atoms with Crippen LogP contribution in [-0.4, -0.2) is 29.9 Å². The molecule has 3 rings (SSSR count). The van der Waals surface area contributed by atoms with Crippen LogP contribution >= 0.6 is 0 Å². The number of hydrogen-bond donors (Lipinski definition) is 1. The van der Waals surface area contributed by atoms with Crippen molar-refractivity contribution >= 4 is 23.3 Å². The summed E-state index contributed by atoms with van der Waals surface area (Å²) in [7, 11) is 0. The van der Waals surface area contributed by atoms with E-state index in [9.17, 15) is 19.5 Å². The van der Waals surface area contributed by atoms with Gasteiger partial charge in [0.05, 0.1) is 18.1 Å². The zero-order chi connectivity index (χ0) is 15.9. The lowest BCUT2D eigenvalue weighted by Crippen LogP contribution is -2.45. The van der Waals surface area contributed by atoms with E-state index in [0.717, 1.165) is 0 Å². The number of hydrogen-bond acceptors (Lipinski definition) is 5. The van der Waals surface area contributed by atoms with E-state index in [4.69, 9.17) is 4.74 Å². The summed E-state index contributed by atoms with van der Waals surface area (Å²) in [6.45, 7) is 1.43. The number of amides is 1. The number of Topliss-reactive ketones (excluding diaryl/α,β-unsaturated/α-hetero) is 1. The third kappa shape index (κ3) is 2.42. The predicted octanol–water partition coefficient (Wildman–Crippen LogP) is 0.147. The molecule has 1 N–H and O–H groups in total. The molecule has 1 aromatic rings. The number of carbonyl (C=O) groups excluding carboxylic acids is 3. The van der Waals surface area contributed by atoms with Crippen LogP contribution in [0.2, 0.25) is 0 Å². The Morgan fingerprint density at radius 1 is 1.14 bits per heavy atom. The van der Waals surface area contributed by atoms with Gasteiger partial charge in [0.1, 0.15) is 0 Å². The monoisotopic (exact) mass is 300 g/mol. The molecule has 0 unspecified atom stereocenters. The summed E-state index contributed by atoms with van der Waals surface area (Å²) in [5.41, 5.74) is 0.917. The van der Waals surface area contributed by atoms with Gasteiger partial charge < -0.3 is 20.0 Å². The number of rotatable bonds is 4. The zero-order valence-electron chi connectivity index (χ0n) is 11.8. The first kappa shape index (κ1) is 14.5. The van der Waals surface area contributed by atoms with Gasteiger partial charge in [-0.1, -0.05) is 24.3 Å². The van der Waals surface area contributed by atoms with Crippen molar-refractivity contribution in [3.63, 3.8) is 0 Å². The molecule has 4 atom stereocenters. The molecule has 6 nitrogen and oxygen atoms in total. The Morgan fingerprint density at radius 2 is 1.82 bits per heavy atom. The lowest BCUT2D eigenvalue weighted by atomic mass is 9.82. The molecule has 2 aliphatic rings. The molecule has 1 aromatic carbocycles. The lowest BCUT2D eigenvalue weighted by molar-refractivity contribution is -0.313. The fraction of sp³-hybridized carbons (Fsp3) is 0.312. The second kappa shape index (κ2) is 5.38. The highest BCUT2D eigenvalue weighted by atomic mass is 16.5. The van der Waals surface area contributed by atoms with Crippen molar-refractivity contribution < 1.29 is 24.2 Å². The van der Waals surface area contributed by atoms with Crippen LogP contribution in [0, 0.1) is 11.8 Å². The Labute approximate surface area is 126 Å². The van der Waals surface area contributed by atoms with E-state index in [-0.39, 0.29) is 5.78 Å². The number of nitrogens with one attached hydrogen (secondary N) is 1. The standard InChI is InChI=1S/C16H15NO5/c1-8(18)9-3-2-4-10(7-9)17-15(19)13-11-5-6-12(22-11)14(13)16(20)21/h2-7,11-14H,1H3,(H,17,19)(H,20,21)/p-1/t11-,12+,13-,14+/m1/s1. The van der Waals surface area contributed by atoms with Crippen LogP contribution in [0.5, 0.6) is 0 Å². The number of fused-ring (bicyclic) bond motifs is 2. The van der Waals surface area contributed by atoms with Gasteiger partial charge in [0.15, 0.2) is 5.78 Å². The summed E-state index contributed by atoms with van der Waals surface area (Å²) in [4.78, 5) is 35.0. The number of carbonyl (C=O) groups is 3. The van der Waals surface area contributed by atoms with E-state index in [0.29, 0.717) is 11.3 Å². The summed E-state index contributed by atoms with van der Waals surface area (Å²) >= 11 is 0. The predicted molar refractivity (Wildman–Crippen MR) is 74.9 cm³/mol. The normalized spacial score (nSPS) is 28.6. The highest BCUT2D eigenvalue weighted by molar-refractivity contribution is 5.99. The number of benzene rings is 1. The molecule has 114 valence electrons. The molecule has 1 amide bonds. The smallest absolute Gasteiger partial charge is 0.231 e. The van der Waals surface area contributed by atoms with Gasteiger partial charge >= 0.3 is 0 Å². The molecule has 2 aliphatic heterocycles. The van der Waals surface area contributed by atoms with Gasteiger partial charge in [-0.3, -0.25) is 9.59 Å². The van der Waals surface area contributed by atoms with E-state index in [2.05, 4.69) is 5.32 Å². The van der Waals surface area contributed by atoms with Gasteiger partial charge in [0, 0.05) is 23.1 Å². The second-order valence-corrected chi connectivity index (χ2v) is 5.45. The van der Waals surface area contributed by atoms with Crippen LogP contribution in [0.1, 0.15) is 17.3 Å². The highest BCUT2D eigenvalue weighted by Gasteiger charge is 2.50. The maximum atomic E-state index is 12.4. The largest absolute Gasteiger partial charge is 0.550 e. The number of carboxylic acids is 1. The fourth-order valence-corrected chi connectivity index (χ4v) is 2.94. The van der Waals surface area contributed by atoms with E-state index in [1.54, 1.807) is 36.4 Å². The van der Waals surface area contributed by atoms with Crippen molar-refractivity contribution in [2.24, 2.45) is 11.8 Å². The summed E-state index contributed by atoms with van der Waals surface area (Å²) in [5, 5.41) is 13.9. The van der Waals surface area contributed by atoms with Gasteiger partial charge in [-0.25, -0.2) is 0 Å².